The monoisotopic (exact) mass is 381 g/mol. The lowest BCUT2D eigenvalue weighted by Gasteiger charge is -2.49. The Morgan fingerprint density at radius 3 is 2.93 bits per heavy atom. The number of rotatable bonds is 2. The van der Waals surface area contributed by atoms with E-state index >= 15 is 0 Å². The third kappa shape index (κ3) is 2.22. The Balaban J connectivity index is 1.24. The molecule has 7 atom stereocenters. The highest BCUT2D eigenvalue weighted by Gasteiger charge is 2.78. The van der Waals surface area contributed by atoms with E-state index in [1.54, 1.807) is 0 Å². The molecule has 3 aliphatic heterocycles. The van der Waals surface area contributed by atoms with Crippen LogP contribution in [0.2, 0.25) is 0 Å². The zero-order valence-corrected chi connectivity index (χ0v) is 17.0. The van der Waals surface area contributed by atoms with Crippen LogP contribution in [0.3, 0.4) is 0 Å². The van der Waals surface area contributed by atoms with Crippen molar-refractivity contribution in [3.8, 4) is 0 Å². The number of epoxide rings is 1. The van der Waals surface area contributed by atoms with Crippen LogP contribution in [0.4, 0.5) is 0 Å². The molecule has 2 saturated carbocycles. The molecule has 28 heavy (non-hydrogen) atoms. The number of esters is 1. The number of nitrogens with zero attached hydrogens (tertiary/aromatic N) is 1. The van der Waals surface area contributed by atoms with Crippen LogP contribution in [0, 0.1) is 23.2 Å². The number of benzene rings is 1. The van der Waals surface area contributed by atoms with Gasteiger partial charge in [-0.1, -0.05) is 44.5 Å². The van der Waals surface area contributed by atoms with E-state index in [1.165, 1.54) is 30.4 Å². The molecule has 2 saturated heterocycles. The quantitative estimate of drug-likeness (QED) is 0.580. The molecular formula is C24H31NO3. The summed E-state index contributed by atoms with van der Waals surface area (Å²) in [6, 6.07) is 8.71. The van der Waals surface area contributed by atoms with Gasteiger partial charge in [0.05, 0.1) is 12.0 Å². The van der Waals surface area contributed by atoms with Crippen LogP contribution in [0.5, 0.6) is 0 Å². The fourth-order valence-electron chi connectivity index (χ4n) is 7.43. The number of fused-ring (bicyclic) bond motifs is 3. The van der Waals surface area contributed by atoms with Crippen molar-refractivity contribution in [2.75, 3.05) is 13.1 Å². The molecule has 1 spiro atoms. The van der Waals surface area contributed by atoms with Gasteiger partial charge in [-0.05, 0) is 42.7 Å². The minimum Gasteiger partial charge on any atom is -0.462 e. The van der Waals surface area contributed by atoms with Gasteiger partial charge >= 0.3 is 5.97 Å². The number of carbonyl (C=O) groups excluding carboxylic acids is 1. The molecular weight excluding hydrogens is 350 g/mol. The summed E-state index contributed by atoms with van der Waals surface area (Å²) in [5, 5.41) is 0. The van der Waals surface area contributed by atoms with Gasteiger partial charge < -0.3 is 9.47 Å². The summed E-state index contributed by atoms with van der Waals surface area (Å²) in [5.74, 6) is 0.835. The molecule has 1 aromatic rings. The average molecular weight is 382 g/mol. The minimum atomic E-state index is -0.0293. The smallest absolute Gasteiger partial charge is 0.311 e. The van der Waals surface area contributed by atoms with E-state index in [2.05, 4.69) is 43.0 Å². The second-order valence-electron chi connectivity index (χ2n) is 10.3. The van der Waals surface area contributed by atoms with Crippen molar-refractivity contribution in [1.29, 1.82) is 0 Å². The van der Waals surface area contributed by atoms with Crippen molar-refractivity contribution >= 4 is 5.97 Å². The summed E-state index contributed by atoms with van der Waals surface area (Å²) in [7, 11) is 0. The highest BCUT2D eigenvalue weighted by molar-refractivity contribution is 5.76. The van der Waals surface area contributed by atoms with Crippen LogP contribution in [-0.2, 0) is 27.2 Å². The van der Waals surface area contributed by atoms with Crippen molar-refractivity contribution in [3.05, 3.63) is 35.4 Å². The lowest BCUT2D eigenvalue weighted by atomic mass is 9.53. The van der Waals surface area contributed by atoms with E-state index in [-0.39, 0.29) is 41.0 Å². The first kappa shape index (κ1) is 17.5. The van der Waals surface area contributed by atoms with Crippen molar-refractivity contribution < 1.29 is 14.3 Å². The molecule has 4 nitrogen and oxygen atoms in total. The highest BCUT2D eigenvalue weighted by atomic mass is 16.6. The van der Waals surface area contributed by atoms with Gasteiger partial charge in [0.15, 0.2) is 0 Å². The Morgan fingerprint density at radius 2 is 2.07 bits per heavy atom. The fourth-order valence-corrected chi connectivity index (χ4v) is 7.43. The summed E-state index contributed by atoms with van der Waals surface area (Å²) >= 11 is 0. The van der Waals surface area contributed by atoms with Crippen LogP contribution >= 0.6 is 0 Å². The molecule has 4 heteroatoms. The molecule has 3 heterocycles. The first-order valence-corrected chi connectivity index (χ1v) is 11.2. The Bertz CT molecular complexity index is 824. The maximum atomic E-state index is 12.9. The topological polar surface area (TPSA) is 42.1 Å². The minimum absolute atomic E-state index is 0.00709. The lowest BCUT2D eigenvalue weighted by Crippen LogP contribution is -2.54. The molecule has 4 fully saturated rings. The van der Waals surface area contributed by atoms with Gasteiger partial charge in [0, 0.05) is 31.0 Å². The van der Waals surface area contributed by atoms with Crippen molar-refractivity contribution in [2.24, 2.45) is 23.2 Å². The zero-order chi connectivity index (χ0) is 19.1. The first-order valence-electron chi connectivity index (χ1n) is 11.2. The predicted octanol–water partition coefficient (Wildman–Crippen LogP) is 3.57. The third-order valence-corrected chi connectivity index (χ3v) is 8.86. The highest BCUT2D eigenvalue weighted by Crippen LogP contribution is 2.70. The number of hydrogen-bond acceptors (Lipinski definition) is 4. The molecule has 0 bridgehead atoms. The van der Waals surface area contributed by atoms with Crippen LogP contribution in [-0.4, -0.2) is 41.8 Å². The molecule has 0 radical (unpaired) electrons. The van der Waals surface area contributed by atoms with E-state index < -0.39 is 0 Å². The lowest BCUT2D eigenvalue weighted by molar-refractivity contribution is -0.146. The molecule has 0 aromatic heterocycles. The summed E-state index contributed by atoms with van der Waals surface area (Å²) in [6.07, 6.45) is 6.09. The summed E-state index contributed by atoms with van der Waals surface area (Å²) in [6.45, 7) is 7.55. The number of ether oxygens (including phenoxy) is 2. The van der Waals surface area contributed by atoms with Gasteiger partial charge in [0.1, 0.15) is 11.7 Å². The molecule has 150 valence electrons. The normalized spacial score (nSPS) is 46.8. The molecule has 2 aliphatic carbocycles. The van der Waals surface area contributed by atoms with Crippen LogP contribution in [0.25, 0.3) is 0 Å². The molecule has 1 aromatic carbocycles. The summed E-state index contributed by atoms with van der Waals surface area (Å²) < 4.78 is 12.6. The molecule has 0 amide bonds. The Kier molecular flexibility index (Phi) is 3.63. The summed E-state index contributed by atoms with van der Waals surface area (Å²) in [4.78, 5) is 15.4. The van der Waals surface area contributed by atoms with E-state index in [4.69, 9.17) is 9.47 Å². The van der Waals surface area contributed by atoms with Gasteiger partial charge in [0.2, 0.25) is 0 Å². The Labute approximate surface area is 167 Å². The average Bonchev–Trinajstić information content (AvgIpc) is 3.37. The third-order valence-electron chi connectivity index (χ3n) is 8.86. The van der Waals surface area contributed by atoms with Gasteiger partial charge in [-0.15, -0.1) is 0 Å². The van der Waals surface area contributed by atoms with Crippen molar-refractivity contribution in [3.63, 3.8) is 0 Å². The van der Waals surface area contributed by atoms with Gasteiger partial charge in [-0.2, -0.15) is 0 Å². The Morgan fingerprint density at radius 1 is 1.25 bits per heavy atom. The van der Waals surface area contributed by atoms with Crippen LogP contribution in [0.1, 0.15) is 50.7 Å². The maximum Gasteiger partial charge on any atom is 0.311 e. The number of carbonyl (C=O) groups is 1. The first-order chi connectivity index (χ1) is 13.5. The standard InChI is InChI=1S/C24H31NO3/c1-15-6-5-10-23(2)12-19-20(21-24(15,23)28-21)18(22(26)27-19)14-25-11-9-16-7-3-4-8-17(16)13-25/h3-4,7-8,15,18-21H,5-6,9-14H2,1-2H3/t15-,18-,19-,20+,21+,23+,24-/m1/s1. The maximum absolute atomic E-state index is 12.9. The molecule has 6 rings (SSSR count). The SMILES string of the molecule is C[C@@H]1CCC[C@@]2(C)C[C@H]3OC(=O)[C@H](CN4CCc5ccccc5C4)[C@@H]3[C@@H]3O[C@]132. The fraction of sp³-hybridized carbons (Fsp3) is 0.708. The van der Waals surface area contributed by atoms with Crippen LogP contribution in [0.15, 0.2) is 24.3 Å². The second-order valence-corrected chi connectivity index (χ2v) is 10.3. The van der Waals surface area contributed by atoms with Crippen molar-refractivity contribution in [1.82, 2.24) is 4.90 Å². The van der Waals surface area contributed by atoms with Gasteiger partial charge in [-0.25, -0.2) is 0 Å². The van der Waals surface area contributed by atoms with E-state index in [0.29, 0.717) is 5.92 Å². The molecule has 5 aliphatic rings. The summed E-state index contributed by atoms with van der Waals surface area (Å²) in [5.41, 5.74) is 3.05. The van der Waals surface area contributed by atoms with E-state index in [0.717, 1.165) is 32.5 Å². The van der Waals surface area contributed by atoms with Crippen molar-refractivity contribution in [2.45, 2.75) is 70.3 Å². The van der Waals surface area contributed by atoms with E-state index in [9.17, 15) is 4.79 Å². The molecule has 0 unspecified atom stereocenters. The zero-order valence-electron chi connectivity index (χ0n) is 17.0. The Hall–Kier alpha value is -1.39. The largest absolute Gasteiger partial charge is 0.462 e. The number of hydrogen-bond donors (Lipinski definition) is 0. The second kappa shape index (κ2) is 5.82. The van der Waals surface area contributed by atoms with Gasteiger partial charge in [-0.3, -0.25) is 9.69 Å². The molecule has 0 N–H and O–H groups in total. The van der Waals surface area contributed by atoms with E-state index in [1.807, 2.05) is 0 Å². The van der Waals surface area contributed by atoms with Gasteiger partial charge in [0.25, 0.3) is 0 Å². The predicted molar refractivity (Wildman–Crippen MR) is 106 cm³/mol. The van der Waals surface area contributed by atoms with Crippen LogP contribution < -0.4 is 0 Å².